The van der Waals surface area contributed by atoms with Gasteiger partial charge in [0.1, 0.15) is 11.6 Å². The number of carbonyl (C=O) groups is 1. The molecule has 2 aliphatic heterocycles. The van der Waals surface area contributed by atoms with Gasteiger partial charge in [0.2, 0.25) is 5.91 Å². The highest BCUT2D eigenvalue weighted by Crippen LogP contribution is 2.28. The topological polar surface area (TPSA) is 63.1 Å². The van der Waals surface area contributed by atoms with Crippen LogP contribution in [0.15, 0.2) is 11.4 Å². The molecule has 2 aromatic rings. The van der Waals surface area contributed by atoms with Crippen LogP contribution < -0.4 is 5.32 Å². The molecule has 0 bridgehead atoms. The van der Waals surface area contributed by atoms with Crippen LogP contribution in [0.5, 0.6) is 0 Å². The Balaban J connectivity index is 1.30. The second kappa shape index (κ2) is 7.43. The number of thiophene rings is 1. The van der Waals surface area contributed by atoms with E-state index >= 15 is 0 Å². The summed E-state index contributed by atoms with van der Waals surface area (Å²) in [6, 6.07) is 1.95. The molecule has 0 aromatic carbocycles. The summed E-state index contributed by atoms with van der Waals surface area (Å²) < 4.78 is 2.26. The van der Waals surface area contributed by atoms with Crippen LogP contribution in [0.4, 0.5) is 0 Å². The van der Waals surface area contributed by atoms with E-state index in [1.165, 1.54) is 4.88 Å². The highest BCUT2D eigenvalue weighted by Gasteiger charge is 2.28. The molecule has 1 saturated heterocycles. The Morgan fingerprint density at radius 3 is 2.92 bits per heavy atom. The molecule has 2 aliphatic rings. The van der Waals surface area contributed by atoms with Crippen molar-refractivity contribution in [3.8, 4) is 0 Å². The van der Waals surface area contributed by atoms with Crippen molar-refractivity contribution in [2.75, 3.05) is 19.6 Å². The quantitative estimate of drug-likeness (QED) is 0.886. The maximum absolute atomic E-state index is 12.5. The minimum absolute atomic E-state index is 0.246. The molecule has 0 atom stereocenters. The molecule has 6 nitrogen and oxygen atoms in total. The number of hydrogen-bond donors (Lipinski definition) is 1. The summed E-state index contributed by atoms with van der Waals surface area (Å²) in [7, 11) is 0. The van der Waals surface area contributed by atoms with Gasteiger partial charge in [-0.15, -0.1) is 21.5 Å². The van der Waals surface area contributed by atoms with Crippen LogP contribution in [0.25, 0.3) is 0 Å². The molecule has 0 radical (unpaired) electrons. The molecule has 2 aromatic heterocycles. The Morgan fingerprint density at radius 2 is 2.16 bits per heavy atom. The minimum atomic E-state index is 0.246. The normalized spacial score (nSPS) is 18.4. The van der Waals surface area contributed by atoms with E-state index in [1.54, 1.807) is 11.3 Å². The first-order valence-electron chi connectivity index (χ1n) is 8.84. The van der Waals surface area contributed by atoms with Crippen LogP contribution in [-0.4, -0.2) is 45.2 Å². The lowest BCUT2D eigenvalue weighted by Gasteiger charge is -2.32. The largest absolute Gasteiger partial charge is 0.343 e. The smallest absolute Gasteiger partial charge is 0.222 e. The summed E-state index contributed by atoms with van der Waals surface area (Å²) in [5.41, 5.74) is 0. The monoisotopic (exact) mass is 379 g/mol. The third-order valence-corrected chi connectivity index (χ3v) is 6.42. The highest BCUT2D eigenvalue weighted by atomic mass is 35.5. The molecular weight excluding hydrogens is 358 g/mol. The van der Waals surface area contributed by atoms with Crippen molar-refractivity contribution in [3.05, 3.63) is 33.0 Å². The van der Waals surface area contributed by atoms with Crippen LogP contribution in [0.1, 0.15) is 41.7 Å². The van der Waals surface area contributed by atoms with Gasteiger partial charge < -0.3 is 14.8 Å². The van der Waals surface area contributed by atoms with Crippen molar-refractivity contribution in [2.45, 2.75) is 44.7 Å². The Morgan fingerprint density at radius 1 is 1.32 bits per heavy atom. The van der Waals surface area contributed by atoms with Gasteiger partial charge in [-0.2, -0.15) is 0 Å². The van der Waals surface area contributed by atoms with Crippen LogP contribution >= 0.6 is 22.9 Å². The van der Waals surface area contributed by atoms with Crippen molar-refractivity contribution in [1.29, 1.82) is 0 Å². The summed E-state index contributed by atoms with van der Waals surface area (Å²) in [4.78, 5) is 15.6. The Bertz CT molecular complexity index is 750. The zero-order valence-electron chi connectivity index (χ0n) is 14.1. The molecule has 1 fully saturated rings. The van der Waals surface area contributed by atoms with E-state index in [-0.39, 0.29) is 5.91 Å². The number of piperidine rings is 1. The van der Waals surface area contributed by atoms with Gasteiger partial charge in [0.25, 0.3) is 0 Å². The average molecular weight is 380 g/mol. The van der Waals surface area contributed by atoms with Crippen LogP contribution in [0, 0.1) is 0 Å². The van der Waals surface area contributed by atoms with Crippen molar-refractivity contribution >= 4 is 28.8 Å². The molecule has 8 heteroatoms. The summed E-state index contributed by atoms with van der Waals surface area (Å²) in [5, 5.41) is 14.7. The lowest BCUT2D eigenvalue weighted by Crippen LogP contribution is -2.39. The Labute approximate surface area is 156 Å². The molecule has 0 saturated carbocycles. The van der Waals surface area contributed by atoms with E-state index in [2.05, 4.69) is 20.1 Å². The Kier molecular flexibility index (Phi) is 5.05. The van der Waals surface area contributed by atoms with E-state index in [1.807, 2.05) is 16.3 Å². The lowest BCUT2D eigenvalue weighted by atomic mass is 9.95. The molecule has 1 N–H and O–H groups in total. The third-order valence-electron chi connectivity index (χ3n) is 5.07. The van der Waals surface area contributed by atoms with E-state index in [0.29, 0.717) is 12.3 Å². The van der Waals surface area contributed by atoms with E-state index in [9.17, 15) is 4.79 Å². The number of fused-ring (bicyclic) bond motifs is 1. The highest BCUT2D eigenvalue weighted by molar-refractivity contribution is 7.10. The van der Waals surface area contributed by atoms with Crippen LogP contribution in [0.2, 0.25) is 5.02 Å². The van der Waals surface area contributed by atoms with Crippen molar-refractivity contribution < 1.29 is 4.79 Å². The number of halogens is 1. The molecule has 4 rings (SSSR count). The molecule has 0 aliphatic carbocycles. The molecule has 4 heterocycles. The van der Waals surface area contributed by atoms with Crippen LogP contribution in [-0.2, 0) is 24.3 Å². The third kappa shape index (κ3) is 3.73. The zero-order chi connectivity index (χ0) is 17.2. The van der Waals surface area contributed by atoms with Gasteiger partial charge in [0, 0.05) is 48.8 Å². The molecule has 0 spiro atoms. The number of rotatable bonds is 4. The first-order chi connectivity index (χ1) is 12.2. The number of aryl methyl sites for hydroxylation is 1. The molecule has 1 amide bonds. The fourth-order valence-corrected chi connectivity index (χ4v) is 4.75. The van der Waals surface area contributed by atoms with Gasteiger partial charge in [-0.05, 0) is 25.3 Å². The SMILES string of the molecule is O=C(CCc1cc(Cl)cs1)N1CCC(c2nnc3n2CCNC3)CC1. The average Bonchev–Trinajstić information content (AvgIpc) is 3.26. The first-order valence-corrected chi connectivity index (χ1v) is 10.1. The van der Waals surface area contributed by atoms with Gasteiger partial charge in [0.15, 0.2) is 0 Å². The van der Waals surface area contributed by atoms with Gasteiger partial charge in [-0.3, -0.25) is 4.79 Å². The molecule has 25 heavy (non-hydrogen) atoms. The first kappa shape index (κ1) is 17.0. The number of likely N-dealkylation sites (tertiary alicyclic amines) is 1. The predicted molar refractivity (Wildman–Crippen MR) is 97.9 cm³/mol. The number of hydrogen-bond acceptors (Lipinski definition) is 5. The van der Waals surface area contributed by atoms with Crippen LogP contribution in [0.3, 0.4) is 0 Å². The van der Waals surface area contributed by atoms with E-state index < -0.39 is 0 Å². The number of aromatic nitrogens is 3. The summed E-state index contributed by atoms with van der Waals surface area (Å²) >= 11 is 7.56. The molecular formula is C17H22ClN5OS. The molecule has 0 unspecified atom stereocenters. The minimum Gasteiger partial charge on any atom is -0.343 e. The number of carbonyl (C=O) groups excluding carboxylic acids is 1. The van der Waals surface area contributed by atoms with E-state index in [0.717, 1.165) is 68.7 Å². The van der Waals surface area contributed by atoms with Crippen molar-refractivity contribution in [1.82, 2.24) is 25.0 Å². The van der Waals surface area contributed by atoms with Crippen molar-refractivity contribution in [3.63, 3.8) is 0 Å². The maximum Gasteiger partial charge on any atom is 0.222 e. The van der Waals surface area contributed by atoms with Gasteiger partial charge in [0.05, 0.1) is 11.6 Å². The standard InChI is InChI=1S/C17H22ClN5OS/c18-13-9-14(25-11-13)1-2-16(24)22-6-3-12(4-7-22)17-21-20-15-10-19-5-8-23(15)17/h9,11-12,19H,1-8,10H2. The number of amides is 1. The van der Waals surface area contributed by atoms with Gasteiger partial charge >= 0.3 is 0 Å². The zero-order valence-corrected chi connectivity index (χ0v) is 15.7. The number of nitrogens with one attached hydrogen (secondary N) is 1. The fraction of sp³-hybridized carbons (Fsp3) is 0.588. The predicted octanol–water partition coefficient (Wildman–Crippen LogP) is 2.44. The van der Waals surface area contributed by atoms with E-state index in [4.69, 9.17) is 11.6 Å². The lowest BCUT2D eigenvalue weighted by molar-refractivity contribution is -0.132. The molecule has 134 valence electrons. The maximum atomic E-state index is 12.5. The van der Waals surface area contributed by atoms with Crippen molar-refractivity contribution in [2.24, 2.45) is 0 Å². The Hall–Kier alpha value is -1.44. The van der Waals surface area contributed by atoms with Gasteiger partial charge in [-0.1, -0.05) is 11.6 Å². The second-order valence-electron chi connectivity index (χ2n) is 6.69. The number of nitrogens with zero attached hydrogens (tertiary/aromatic N) is 4. The fourth-order valence-electron chi connectivity index (χ4n) is 3.68. The summed E-state index contributed by atoms with van der Waals surface area (Å²) in [5.74, 6) is 2.81. The summed E-state index contributed by atoms with van der Waals surface area (Å²) in [6.45, 7) is 4.35. The summed E-state index contributed by atoms with van der Waals surface area (Å²) in [6.07, 6.45) is 3.29. The van der Waals surface area contributed by atoms with Gasteiger partial charge in [-0.25, -0.2) is 0 Å². The second-order valence-corrected chi connectivity index (χ2v) is 8.12.